The van der Waals surface area contributed by atoms with Gasteiger partial charge in [-0.2, -0.15) is 0 Å². The van der Waals surface area contributed by atoms with Gasteiger partial charge in [-0.3, -0.25) is 0 Å². The first-order valence-corrected chi connectivity index (χ1v) is 5.95. The monoisotopic (exact) mass is 239 g/mol. The number of hydrogen-bond acceptors (Lipinski definition) is 3. The van der Waals surface area contributed by atoms with Crippen molar-refractivity contribution in [2.45, 2.75) is 12.8 Å². The van der Waals surface area contributed by atoms with Gasteiger partial charge in [-0.25, -0.2) is 4.39 Å². The number of ether oxygens (including phenoxy) is 2. The normalized spacial score (nSPS) is 20.0. The molecule has 0 aliphatic carbocycles. The molecule has 17 heavy (non-hydrogen) atoms. The Kier molecular flexibility index (Phi) is 4.20. The molecule has 1 fully saturated rings. The molecule has 4 heteroatoms. The largest absolute Gasteiger partial charge is 0.494 e. The Hall–Kier alpha value is -1.29. The molecule has 1 atom stereocenters. The molecule has 1 saturated heterocycles. The number of anilines is 1. The summed E-state index contributed by atoms with van der Waals surface area (Å²) in [7, 11) is 1.46. The van der Waals surface area contributed by atoms with Gasteiger partial charge in [-0.15, -0.1) is 0 Å². The van der Waals surface area contributed by atoms with Gasteiger partial charge in [0.2, 0.25) is 0 Å². The van der Waals surface area contributed by atoms with Crippen molar-refractivity contribution in [1.29, 1.82) is 0 Å². The molecule has 1 N–H and O–H groups in total. The topological polar surface area (TPSA) is 30.5 Å². The Balaban J connectivity index is 1.87. The van der Waals surface area contributed by atoms with Crippen LogP contribution in [0, 0.1) is 11.7 Å². The minimum Gasteiger partial charge on any atom is -0.494 e. The lowest BCUT2D eigenvalue weighted by Gasteiger charge is -2.22. The Morgan fingerprint density at radius 1 is 1.53 bits per heavy atom. The van der Waals surface area contributed by atoms with E-state index in [2.05, 4.69) is 5.32 Å². The van der Waals surface area contributed by atoms with Crippen LogP contribution in [0.15, 0.2) is 18.2 Å². The number of benzene rings is 1. The maximum absolute atomic E-state index is 13.4. The summed E-state index contributed by atoms with van der Waals surface area (Å²) >= 11 is 0. The SMILES string of the molecule is COc1ccc(NCC2CCCOC2)cc1F. The molecule has 0 radical (unpaired) electrons. The predicted octanol–water partition coefficient (Wildman–Crippen LogP) is 2.67. The molecule has 0 bridgehead atoms. The van der Waals surface area contributed by atoms with Gasteiger partial charge in [0.25, 0.3) is 0 Å². The van der Waals surface area contributed by atoms with E-state index in [0.29, 0.717) is 5.92 Å². The van der Waals surface area contributed by atoms with Gasteiger partial charge < -0.3 is 14.8 Å². The van der Waals surface area contributed by atoms with E-state index in [1.54, 1.807) is 6.07 Å². The third kappa shape index (κ3) is 3.33. The number of nitrogens with one attached hydrogen (secondary N) is 1. The Morgan fingerprint density at radius 3 is 3.06 bits per heavy atom. The Labute approximate surface area is 101 Å². The molecule has 94 valence electrons. The molecule has 1 aromatic rings. The first kappa shape index (κ1) is 12.2. The highest BCUT2D eigenvalue weighted by molar-refractivity contribution is 5.47. The fraction of sp³-hybridized carbons (Fsp3) is 0.538. The molecule has 1 aliphatic heterocycles. The van der Waals surface area contributed by atoms with E-state index in [0.717, 1.165) is 31.9 Å². The van der Waals surface area contributed by atoms with Crippen LogP contribution in [0.25, 0.3) is 0 Å². The number of methoxy groups -OCH3 is 1. The minimum absolute atomic E-state index is 0.275. The van der Waals surface area contributed by atoms with Gasteiger partial charge in [0.05, 0.1) is 13.7 Å². The van der Waals surface area contributed by atoms with Gasteiger partial charge in [-0.1, -0.05) is 0 Å². The molecule has 0 saturated carbocycles. The van der Waals surface area contributed by atoms with E-state index in [4.69, 9.17) is 9.47 Å². The van der Waals surface area contributed by atoms with Crippen LogP contribution in [-0.2, 0) is 4.74 Å². The molecule has 0 amide bonds. The van der Waals surface area contributed by atoms with E-state index in [1.807, 2.05) is 6.07 Å². The summed E-state index contributed by atoms with van der Waals surface area (Å²) < 4.78 is 23.7. The van der Waals surface area contributed by atoms with Crippen molar-refractivity contribution in [3.8, 4) is 5.75 Å². The van der Waals surface area contributed by atoms with Crippen molar-refractivity contribution < 1.29 is 13.9 Å². The second-order valence-corrected chi connectivity index (χ2v) is 4.31. The smallest absolute Gasteiger partial charge is 0.167 e. The van der Waals surface area contributed by atoms with Crippen molar-refractivity contribution in [3.05, 3.63) is 24.0 Å². The van der Waals surface area contributed by atoms with Crippen molar-refractivity contribution in [3.63, 3.8) is 0 Å². The zero-order chi connectivity index (χ0) is 12.1. The average Bonchev–Trinajstić information content (AvgIpc) is 2.38. The quantitative estimate of drug-likeness (QED) is 0.876. The maximum atomic E-state index is 13.4. The molecule has 0 spiro atoms. The molecule has 3 nitrogen and oxygen atoms in total. The van der Waals surface area contributed by atoms with Crippen LogP contribution in [0.3, 0.4) is 0 Å². The second-order valence-electron chi connectivity index (χ2n) is 4.31. The summed E-state index contributed by atoms with van der Waals surface area (Å²) in [6, 6.07) is 4.92. The maximum Gasteiger partial charge on any atom is 0.167 e. The van der Waals surface area contributed by atoms with Crippen LogP contribution >= 0.6 is 0 Å². The van der Waals surface area contributed by atoms with Crippen LogP contribution in [0.2, 0.25) is 0 Å². The van der Waals surface area contributed by atoms with Crippen molar-refractivity contribution in [2.75, 3.05) is 32.2 Å². The van der Waals surface area contributed by atoms with E-state index < -0.39 is 0 Å². The summed E-state index contributed by atoms with van der Waals surface area (Å²) in [6.07, 6.45) is 2.29. The lowest BCUT2D eigenvalue weighted by atomic mass is 10.0. The van der Waals surface area contributed by atoms with Gasteiger partial charge in [0.15, 0.2) is 11.6 Å². The van der Waals surface area contributed by atoms with Gasteiger partial charge >= 0.3 is 0 Å². The lowest BCUT2D eigenvalue weighted by Crippen LogP contribution is -2.24. The van der Waals surface area contributed by atoms with Crippen LogP contribution < -0.4 is 10.1 Å². The Bertz CT molecular complexity index is 364. The highest BCUT2D eigenvalue weighted by Crippen LogP contribution is 2.21. The molecule has 0 aromatic heterocycles. The highest BCUT2D eigenvalue weighted by Gasteiger charge is 2.13. The van der Waals surface area contributed by atoms with Crippen LogP contribution in [0.5, 0.6) is 5.75 Å². The number of rotatable bonds is 4. The first-order chi connectivity index (χ1) is 8.29. The molecular weight excluding hydrogens is 221 g/mol. The fourth-order valence-electron chi connectivity index (χ4n) is 2.01. The molecule has 1 unspecified atom stereocenters. The predicted molar refractivity (Wildman–Crippen MR) is 65.0 cm³/mol. The summed E-state index contributed by atoms with van der Waals surface area (Å²) in [6.45, 7) is 2.49. The summed E-state index contributed by atoms with van der Waals surface area (Å²) in [5, 5.41) is 3.23. The standard InChI is InChI=1S/C13H18FNO2/c1-16-13-5-4-11(7-12(13)14)15-8-10-3-2-6-17-9-10/h4-5,7,10,15H,2-3,6,8-9H2,1H3. The summed E-state index contributed by atoms with van der Waals surface area (Å²) in [5.74, 6) is 0.461. The van der Waals surface area contributed by atoms with Crippen molar-refractivity contribution in [1.82, 2.24) is 0 Å². The molecule has 1 aromatic carbocycles. The lowest BCUT2D eigenvalue weighted by molar-refractivity contribution is 0.0595. The van der Waals surface area contributed by atoms with E-state index in [9.17, 15) is 4.39 Å². The molecule has 1 heterocycles. The van der Waals surface area contributed by atoms with Crippen LogP contribution in [-0.4, -0.2) is 26.9 Å². The zero-order valence-electron chi connectivity index (χ0n) is 10.0. The van der Waals surface area contributed by atoms with Gasteiger partial charge in [0, 0.05) is 24.9 Å². The molecular formula is C13H18FNO2. The van der Waals surface area contributed by atoms with E-state index in [1.165, 1.54) is 19.6 Å². The third-order valence-corrected chi connectivity index (χ3v) is 3.00. The van der Waals surface area contributed by atoms with E-state index in [-0.39, 0.29) is 11.6 Å². The second kappa shape index (κ2) is 5.87. The molecule has 1 aliphatic rings. The number of hydrogen-bond donors (Lipinski definition) is 1. The van der Waals surface area contributed by atoms with Crippen LogP contribution in [0.1, 0.15) is 12.8 Å². The average molecular weight is 239 g/mol. The van der Waals surface area contributed by atoms with Gasteiger partial charge in [0.1, 0.15) is 0 Å². The highest BCUT2D eigenvalue weighted by atomic mass is 19.1. The minimum atomic E-state index is -0.336. The number of halogens is 1. The van der Waals surface area contributed by atoms with Crippen molar-refractivity contribution >= 4 is 5.69 Å². The van der Waals surface area contributed by atoms with Crippen LogP contribution in [0.4, 0.5) is 10.1 Å². The van der Waals surface area contributed by atoms with Crippen molar-refractivity contribution in [2.24, 2.45) is 5.92 Å². The summed E-state index contributed by atoms with van der Waals surface area (Å²) in [5.41, 5.74) is 0.786. The van der Waals surface area contributed by atoms with Gasteiger partial charge in [-0.05, 0) is 30.9 Å². The molecule has 2 rings (SSSR count). The third-order valence-electron chi connectivity index (χ3n) is 3.00. The summed E-state index contributed by atoms with van der Waals surface area (Å²) in [4.78, 5) is 0. The Morgan fingerprint density at radius 2 is 2.41 bits per heavy atom. The zero-order valence-corrected chi connectivity index (χ0v) is 10.0. The first-order valence-electron chi connectivity index (χ1n) is 5.95. The van der Waals surface area contributed by atoms with E-state index >= 15 is 0 Å². The fourth-order valence-corrected chi connectivity index (χ4v) is 2.01.